The van der Waals surface area contributed by atoms with Crippen molar-refractivity contribution in [2.45, 2.75) is 19.7 Å². The summed E-state index contributed by atoms with van der Waals surface area (Å²) in [6, 6.07) is 8.17. The molecule has 0 fully saturated rings. The number of methoxy groups -OCH3 is 1. The highest BCUT2D eigenvalue weighted by molar-refractivity contribution is 5.26. The van der Waals surface area contributed by atoms with Gasteiger partial charge in [-0.05, 0) is 11.1 Å². The number of hydrogen-bond acceptors (Lipinski definition) is 5. The van der Waals surface area contributed by atoms with Crippen LogP contribution in [0.25, 0.3) is 0 Å². The predicted octanol–water partition coefficient (Wildman–Crippen LogP) is 1.51. The van der Waals surface area contributed by atoms with Gasteiger partial charge in [-0.2, -0.15) is 4.98 Å². The van der Waals surface area contributed by atoms with Crippen molar-refractivity contribution in [1.29, 1.82) is 0 Å². The number of benzene rings is 1. The Morgan fingerprint density at radius 3 is 2.76 bits per heavy atom. The summed E-state index contributed by atoms with van der Waals surface area (Å²) < 4.78 is 9.81. The molecule has 0 spiro atoms. The van der Waals surface area contributed by atoms with Crippen LogP contribution in [0.1, 0.15) is 17.0 Å². The van der Waals surface area contributed by atoms with E-state index in [1.165, 1.54) is 17.5 Å². The van der Waals surface area contributed by atoms with Gasteiger partial charge in [-0.15, -0.1) is 0 Å². The van der Waals surface area contributed by atoms with E-state index >= 15 is 0 Å². The van der Waals surface area contributed by atoms with Crippen molar-refractivity contribution in [2.24, 2.45) is 0 Å². The Bertz CT molecular complexity index is 443. The molecule has 0 aliphatic carbocycles. The van der Waals surface area contributed by atoms with Crippen molar-refractivity contribution in [1.82, 2.24) is 15.5 Å². The Morgan fingerprint density at radius 1 is 1.24 bits per heavy atom. The number of ether oxygens (including phenoxy) is 1. The topological polar surface area (TPSA) is 60.2 Å². The van der Waals surface area contributed by atoms with Crippen molar-refractivity contribution >= 4 is 0 Å². The van der Waals surface area contributed by atoms with E-state index in [2.05, 4.69) is 32.1 Å². The van der Waals surface area contributed by atoms with Crippen LogP contribution >= 0.6 is 0 Å². The Labute approximate surface area is 99.8 Å². The van der Waals surface area contributed by atoms with Gasteiger partial charge >= 0.3 is 0 Å². The van der Waals surface area contributed by atoms with E-state index in [1.54, 1.807) is 7.11 Å². The van der Waals surface area contributed by atoms with Crippen molar-refractivity contribution in [3.8, 4) is 0 Å². The molecule has 0 amide bonds. The molecule has 17 heavy (non-hydrogen) atoms. The molecule has 0 aliphatic heterocycles. The average molecular weight is 233 g/mol. The van der Waals surface area contributed by atoms with E-state index in [9.17, 15) is 0 Å². The van der Waals surface area contributed by atoms with Crippen LogP contribution in [0.3, 0.4) is 0 Å². The zero-order chi connectivity index (χ0) is 11.9. The van der Waals surface area contributed by atoms with Crippen LogP contribution in [-0.2, 0) is 24.4 Å². The molecule has 2 aromatic rings. The van der Waals surface area contributed by atoms with Gasteiger partial charge in [-0.1, -0.05) is 29.4 Å². The molecule has 1 aromatic heterocycles. The molecule has 1 N–H and O–H groups in total. The maximum Gasteiger partial charge on any atom is 0.213 e. The summed E-state index contributed by atoms with van der Waals surface area (Å²) in [5.74, 6) is 0.661. The lowest BCUT2D eigenvalue weighted by molar-refractivity contribution is 0.184. The highest BCUT2D eigenvalue weighted by atomic mass is 16.5. The molecule has 1 aromatic carbocycles. The number of nitrogens with zero attached hydrogens (tertiary/aromatic N) is 2. The van der Waals surface area contributed by atoms with Gasteiger partial charge in [0.1, 0.15) is 0 Å². The molecule has 0 saturated carbocycles. The third-order valence-corrected chi connectivity index (χ3v) is 2.42. The molecule has 0 atom stereocenters. The molecule has 2 rings (SSSR count). The highest BCUT2D eigenvalue weighted by Crippen LogP contribution is 2.09. The van der Waals surface area contributed by atoms with Gasteiger partial charge in [0.05, 0.1) is 13.2 Å². The monoisotopic (exact) mass is 233 g/mol. The summed E-state index contributed by atoms with van der Waals surface area (Å²) in [5.41, 5.74) is 2.41. The molecular weight excluding hydrogens is 218 g/mol. The first-order chi connectivity index (χ1) is 8.40. The van der Waals surface area contributed by atoms with E-state index in [4.69, 9.17) is 4.74 Å². The molecule has 0 saturated heterocycles. The normalized spacial score (nSPS) is 10.6. The van der Waals surface area contributed by atoms with E-state index in [1.807, 2.05) is 12.1 Å². The summed E-state index contributed by atoms with van der Waals surface area (Å²) in [5, 5.41) is 7.00. The second-order valence-electron chi connectivity index (χ2n) is 3.65. The van der Waals surface area contributed by atoms with E-state index in [0.29, 0.717) is 19.0 Å². The zero-order valence-corrected chi connectivity index (χ0v) is 9.72. The van der Waals surface area contributed by atoms with Crippen LogP contribution in [0.2, 0.25) is 0 Å². The molecule has 0 radical (unpaired) electrons. The quantitative estimate of drug-likeness (QED) is 0.819. The summed E-state index contributed by atoms with van der Waals surface area (Å²) in [6.45, 7) is 1.98. The number of nitrogens with one attached hydrogen (secondary N) is 1. The maximum absolute atomic E-state index is 5.15. The number of aromatic nitrogens is 2. The van der Waals surface area contributed by atoms with Crippen LogP contribution in [0.4, 0.5) is 0 Å². The second-order valence-corrected chi connectivity index (χ2v) is 3.65. The van der Waals surface area contributed by atoms with Gasteiger partial charge in [-0.25, -0.2) is 0 Å². The Morgan fingerprint density at radius 2 is 2.06 bits per heavy atom. The summed E-state index contributed by atoms with van der Waals surface area (Å²) in [7, 11) is 1.70. The Kier molecular flexibility index (Phi) is 4.23. The second kappa shape index (κ2) is 6.12. The van der Waals surface area contributed by atoms with Gasteiger partial charge in [0.25, 0.3) is 0 Å². The summed E-state index contributed by atoms with van der Waals surface area (Å²) in [6.07, 6.45) is 1.33. The van der Waals surface area contributed by atoms with Crippen molar-refractivity contribution < 1.29 is 9.26 Å². The highest BCUT2D eigenvalue weighted by Gasteiger charge is 2.02. The van der Waals surface area contributed by atoms with Crippen molar-refractivity contribution in [3.05, 3.63) is 47.6 Å². The zero-order valence-electron chi connectivity index (χ0n) is 9.72. The standard InChI is InChI=1S/C12H15N3O2/c1-16-8-11-5-3-2-4-10(11)6-13-7-12-14-9-17-15-12/h2-5,9,13H,6-8H2,1H3. The maximum atomic E-state index is 5.15. The average Bonchev–Trinajstić information content (AvgIpc) is 2.85. The van der Waals surface area contributed by atoms with E-state index in [-0.39, 0.29) is 0 Å². The fourth-order valence-corrected chi connectivity index (χ4v) is 1.61. The van der Waals surface area contributed by atoms with Crippen LogP contribution < -0.4 is 5.32 Å². The first-order valence-electron chi connectivity index (χ1n) is 5.42. The summed E-state index contributed by atoms with van der Waals surface area (Å²) in [4.78, 5) is 3.94. The summed E-state index contributed by atoms with van der Waals surface area (Å²) >= 11 is 0. The Balaban J connectivity index is 1.89. The minimum absolute atomic E-state index is 0.595. The fraction of sp³-hybridized carbons (Fsp3) is 0.333. The van der Waals surface area contributed by atoms with Gasteiger partial charge < -0.3 is 14.6 Å². The molecular formula is C12H15N3O2. The molecule has 0 aliphatic rings. The molecule has 0 unspecified atom stereocenters. The van der Waals surface area contributed by atoms with Crippen LogP contribution in [0.5, 0.6) is 0 Å². The third-order valence-electron chi connectivity index (χ3n) is 2.42. The largest absolute Gasteiger partial charge is 0.380 e. The first-order valence-corrected chi connectivity index (χ1v) is 5.42. The predicted molar refractivity (Wildman–Crippen MR) is 62.0 cm³/mol. The van der Waals surface area contributed by atoms with Crippen LogP contribution in [-0.4, -0.2) is 17.3 Å². The molecule has 5 heteroatoms. The van der Waals surface area contributed by atoms with E-state index < -0.39 is 0 Å². The van der Waals surface area contributed by atoms with Crippen LogP contribution in [0, 0.1) is 0 Å². The lowest BCUT2D eigenvalue weighted by atomic mass is 10.1. The van der Waals surface area contributed by atoms with Gasteiger partial charge in [-0.3, -0.25) is 0 Å². The molecule has 90 valence electrons. The first kappa shape index (κ1) is 11.8. The number of rotatable bonds is 6. The Hall–Kier alpha value is -1.72. The van der Waals surface area contributed by atoms with Crippen molar-refractivity contribution in [3.63, 3.8) is 0 Å². The fourth-order valence-electron chi connectivity index (χ4n) is 1.61. The minimum atomic E-state index is 0.595. The molecule has 1 heterocycles. The minimum Gasteiger partial charge on any atom is -0.380 e. The van der Waals surface area contributed by atoms with Crippen molar-refractivity contribution in [2.75, 3.05) is 7.11 Å². The lowest BCUT2D eigenvalue weighted by Crippen LogP contribution is -2.15. The van der Waals surface area contributed by atoms with Gasteiger partial charge in [0, 0.05) is 13.7 Å². The van der Waals surface area contributed by atoms with Gasteiger partial charge in [0.2, 0.25) is 6.39 Å². The van der Waals surface area contributed by atoms with Gasteiger partial charge in [0.15, 0.2) is 5.82 Å². The van der Waals surface area contributed by atoms with E-state index in [0.717, 1.165) is 6.54 Å². The molecule has 5 nitrogen and oxygen atoms in total. The van der Waals surface area contributed by atoms with Crippen LogP contribution in [0.15, 0.2) is 35.2 Å². The third kappa shape index (κ3) is 3.37. The number of hydrogen-bond donors (Lipinski definition) is 1. The lowest BCUT2D eigenvalue weighted by Gasteiger charge is -2.08. The smallest absolute Gasteiger partial charge is 0.213 e. The molecule has 0 bridgehead atoms. The SMILES string of the molecule is COCc1ccccc1CNCc1ncon1.